The smallest absolute Gasteiger partial charge is 0.246 e. The number of likely N-dealkylation sites (tertiary alicyclic amines) is 1. The third kappa shape index (κ3) is 3.25. The molecule has 0 atom stereocenters. The SMILES string of the molecule is CCCC1(O)CN(C(=O)C=Cc2ccc(C#N)cc2)C1. The number of carbonyl (C=O) groups excluding carboxylic acids is 1. The molecular formula is C16H18N2O2. The van der Waals surface area contributed by atoms with Crippen molar-refractivity contribution in [2.75, 3.05) is 13.1 Å². The van der Waals surface area contributed by atoms with Crippen LogP contribution in [0, 0.1) is 11.3 Å². The summed E-state index contributed by atoms with van der Waals surface area (Å²) in [4.78, 5) is 13.5. The molecule has 0 unspecified atom stereocenters. The number of carbonyl (C=O) groups is 1. The van der Waals surface area contributed by atoms with Gasteiger partial charge in [-0.25, -0.2) is 0 Å². The van der Waals surface area contributed by atoms with Crippen molar-refractivity contribution < 1.29 is 9.90 Å². The molecule has 1 fully saturated rings. The first-order valence-corrected chi connectivity index (χ1v) is 6.76. The molecule has 104 valence electrons. The molecule has 0 aromatic heterocycles. The van der Waals surface area contributed by atoms with Crippen LogP contribution in [0.3, 0.4) is 0 Å². The molecule has 0 radical (unpaired) electrons. The van der Waals surface area contributed by atoms with E-state index in [1.54, 1.807) is 35.2 Å². The van der Waals surface area contributed by atoms with E-state index in [-0.39, 0.29) is 5.91 Å². The van der Waals surface area contributed by atoms with Crippen LogP contribution in [-0.2, 0) is 4.79 Å². The van der Waals surface area contributed by atoms with E-state index in [2.05, 4.69) is 0 Å². The summed E-state index contributed by atoms with van der Waals surface area (Å²) in [6, 6.07) is 9.08. The highest BCUT2D eigenvalue weighted by Crippen LogP contribution is 2.25. The summed E-state index contributed by atoms with van der Waals surface area (Å²) >= 11 is 0. The zero-order valence-electron chi connectivity index (χ0n) is 11.5. The Morgan fingerprint density at radius 2 is 2.10 bits per heavy atom. The summed E-state index contributed by atoms with van der Waals surface area (Å²) in [5, 5.41) is 18.7. The molecule has 1 aromatic rings. The third-order valence-electron chi connectivity index (χ3n) is 3.46. The van der Waals surface area contributed by atoms with Gasteiger partial charge in [-0.3, -0.25) is 4.79 Å². The quantitative estimate of drug-likeness (QED) is 0.850. The molecule has 0 spiro atoms. The van der Waals surface area contributed by atoms with Crippen LogP contribution >= 0.6 is 0 Å². The second-order valence-electron chi connectivity index (χ2n) is 5.24. The monoisotopic (exact) mass is 270 g/mol. The third-order valence-corrected chi connectivity index (χ3v) is 3.46. The van der Waals surface area contributed by atoms with Gasteiger partial charge in [0.05, 0.1) is 30.3 Å². The van der Waals surface area contributed by atoms with Gasteiger partial charge >= 0.3 is 0 Å². The fraction of sp³-hybridized carbons (Fsp3) is 0.375. The number of amides is 1. The van der Waals surface area contributed by atoms with Crippen LogP contribution in [-0.4, -0.2) is 34.6 Å². The zero-order chi connectivity index (χ0) is 14.6. The van der Waals surface area contributed by atoms with Crippen molar-refractivity contribution in [3.63, 3.8) is 0 Å². The highest BCUT2D eigenvalue weighted by Gasteiger charge is 2.41. The van der Waals surface area contributed by atoms with E-state index in [1.807, 2.05) is 13.0 Å². The molecule has 1 N–H and O–H groups in total. The normalized spacial score (nSPS) is 16.8. The molecule has 1 heterocycles. The highest BCUT2D eigenvalue weighted by atomic mass is 16.3. The van der Waals surface area contributed by atoms with Gasteiger partial charge in [0.1, 0.15) is 0 Å². The lowest BCUT2D eigenvalue weighted by atomic mass is 9.89. The average molecular weight is 270 g/mol. The molecule has 1 saturated heterocycles. The van der Waals surface area contributed by atoms with Crippen molar-refractivity contribution >= 4 is 12.0 Å². The summed E-state index contributed by atoms with van der Waals surface area (Å²) in [5.41, 5.74) is 0.787. The van der Waals surface area contributed by atoms with E-state index < -0.39 is 5.60 Å². The molecule has 1 amide bonds. The van der Waals surface area contributed by atoms with Gasteiger partial charge < -0.3 is 10.0 Å². The Hall–Kier alpha value is -2.12. The van der Waals surface area contributed by atoms with Crippen LogP contribution in [0.4, 0.5) is 0 Å². The fourth-order valence-corrected chi connectivity index (χ4v) is 2.39. The van der Waals surface area contributed by atoms with Gasteiger partial charge in [-0.1, -0.05) is 25.5 Å². The standard InChI is InChI=1S/C16H18N2O2/c1-2-9-16(20)11-18(12-16)15(19)8-7-13-3-5-14(10-17)6-4-13/h3-8,20H,2,9,11-12H2,1H3. The van der Waals surface area contributed by atoms with Gasteiger partial charge in [-0.15, -0.1) is 0 Å². The number of nitrogens with zero attached hydrogens (tertiary/aromatic N) is 2. The zero-order valence-corrected chi connectivity index (χ0v) is 11.5. The van der Waals surface area contributed by atoms with Crippen molar-refractivity contribution in [2.45, 2.75) is 25.4 Å². The minimum absolute atomic E-state index is 0.0878. The van der Waals surface area contributed by atoms with E-state index in [0.29, 0.717) is 18.7 Å². The largest absolute Gasteiger partial charge is 0.386 e. The molecule has 0 bridgehead atoms. The lowest BCUT2D eigenvalue weighted by molar-refractivity contribution is -0.151. The number of rotatable bonds is 4. The van der Waals surface area contributed by atoms with Crippen LogP contribution in [0.5, 0.6) is 0 Å². The number of hydrogen-bond donors (Lipinski definition) is 1. The minimum atomic E-state index is -0.688. The predicted octanol–water partition coefficient (Wildman–Crippen LogP) is 1.94. The van der Waals surface area contributed by atoms with Crippen molar-refractivity contribution in [1.29, 1.82) is 5.26 Å². The molecule has 4 nitrogen and oxygen atoms in total. The second-order valence-corrected chi connectivity index (χ2v) is 5.24. The molecule has 1 aliphatic rings. The average Bonchev–Trinajstić information content (AvgIpc) is 2.43. The molecule has 20 heavy (non-hydrogen) atoms. The van der Waals surface area contributed by atoms with Crippen molar-refractivity contribution in [1.82, 2.24) is 4.90 Å². The summed E-state index contributed by atoms with van der Waals surface area (Å²) in [6.07, 6.45) is 4.88. The lowest BCUT2D eigenvalue weighted by Crippen LogP contribution is -2.63. The maximum atomic E-state index is 11.9. The van der Waals surface area contributed by atoms with Crippen molar-refractivity contribution in [3.05, 3.63) is 41.5 Å². The molecule has 2 rings (SSSR count). The highest BCUT2D eigenvalue weighted by molar-refractivity contribution is 5.92. The number of β-amino-alcohol motifs (C(OH)–C–C–N with tert-alkyl or cyclic N) is 1. The Labute approximate surface area is 118 Å². The molecule has 4 heteroatoms. The summed E-state index contributed by atoms with van der Waals surface area (Å²) in [7, 11) is 0. The minimum Gasteiger partial charge on any atom is -0.386 e. The van der Waals surface area contributed by atoms with Gasteiger partial charge in [0.15, 0.2) is 0 Å². The summed E-state index contributed by atoms with van der Waals surface area (Å²) < 4.78 is 0. The van der Waals surface area contributed by atoms with Crippen LogP contribution in [0.25, 0.3) is 6.08 Å². The topological polar surface area (TPSA) is 64.3 Å². The first-order chi connectivity index (χ1) is 9.56. The van der Waals surface area contributed by atoms with E-state index in [9.17, 15) is 9.90 Å². The first kappa shape index (κ1) is 14.3. The predicted molar refractivity (Wildman–Crippen MR) is 76.6 cm³/mol. The van der Waals surface area contributed by atoms with Crippen molar-refractivity contribution in [3.8, 4) is 6.07 Å². The maximum absolute atomic E-state index is 11.9. The van der Waals surface area contributed by atoms with Crippen LogP contribution in [0.1, 0.15) is 30.9 Å². The molecule has 0 saturated carbocycles. The lowest BCUT2D eigenvalue weighted by Gasteiger charge is -2.46. The van der Waals surface area contributed by atoms with Gasteiger partial charge in [-0.2, -0.15) is 5.26 Å². The Kier molecular flexibility index (Phi) is 4.21. The van der Waals surface area contributed by atoms with Crippen LogP contribution in [0.2, 0.25) is 0 Å². The van der Waals surface area contributed by atoms with E-state index in [0.717, 1.165) is 18.4 Å². The maximum Gasteiger partial charge on any atom is 0.246 e. The molecule has 1 aliphatic heterocycles. The van der Waals surface area contributed by atoms with Crippen molar-refractivity contribution in [2.24, 2.45) is 0 Å². The second kappa shape index (κ2) is 5.89. The number of hydrogen-bond acceptors (Lipinski definition) is 3. The first-order valence-electron chi connectivity index (χ1n) is 6.76. The molecule has 0 aliphatic carbocycles. The number of aliphatic hydroxyl groups is 1. The Morgan fingerprint density at radius 3 is 2.65 bits per heavy atom. The van der Waals surface area contributed by atoms with Gasteiger partial charge in [0.2, 0.25) is 5.91 Å². The van der Waals surface area contributed by atoms with Crippen LogP contribution < -0.4 is 0 Å². The Balaban J connectivity index is 1.89. The van der Waals surface area contributed by atoms with Gasteiger partial charge in [0.25, 0.3) is 0 Å². The Bertz CT molecular complexity index is 549. The van der Waals surface area contributed by atoms with Gasteiger partial charge in [-0.05, 0) is 30.2 Å². The fourth-order valence-electron chi connectivity index (χ4n) is 2.39. The van der Waals surface area contributed by atoms with E-state index in [4.69, 9.17) is 5.26 Å². The Morgan fingerprint density at radius 1 is 1.45 bits per heavy atom. The van der Waals surface area contributed by atoms with E-state index >= 15 is 0 Å². The number of benzene rings is 1. The molecule has 1 aromatic carbocycles. The summed E-state index contributed by atoms with van der Waals surface area (Å²) in [6.45, 7) is 2.85. The van der Waals surface area contributed by atoms with E-state index in [1.165, 1.54) is 6.08 Å². The number of nitriles is 1. The molecular weight excluding hydrogens is 252 g/mol. The van der Waals surface area contributed by atoms with Gasteiger partial charge in [0, 0.05) is 6.08 Å². The summed E-state index contributed by atoms with van der Waals surface area (Å²) in [5.74, 6) is -0.0878. The van der Waals surface area contributed by atoms with Crippen LogP contribution in [0.15, 0.2) is 30.3 Å².